The first-order chi connectivity index (χ1) is 9.79. The number of amides is 1. The molecule has 1 heterocycles. The summed E-state index contributed by atoms with van der Waals surface area (Å²) in [5.74, 6) is 0.0554. The number of carbonyl (C=O) groups is 1. The van der Waals surface area contributed by atoms with Gasteiger partial charge in [-0.3, -0.25) is 4.79 Å². The van der Waals surface area contributed by atoms with E-state index in [1.807, 2.05) is 48.5 Å². The van der Waals surface area contributed by atoms with E-state index in [1.165, 1.54) is 0 Å². The Balaban J connectivity index is 1.89. The van der Waals surface area contributed by atoms with Gasteiger partial charge in [0.1, 0.15) is 0 Å². The molecule has 1 aliphatic rings. The Labute approximate surface area is 118 Å². The first-order valence-corrected chi connectivity index (χ1v) is 6.65. The maximum absolute atomic E-state index is 12.5. The van der Waals surface area contributed by atoms with Crippen LogP contribution in [0, 0.1) is 11.3 Å². The van der Waals surface area contributed by atoms with E-state index in [0.717, 1.165) is 28.8 Å². The third-order valence-corrected chi connectivity index (χ3v) is 3.63. The monoisotopic (exact) mass is 262 g/mol. The molecule has 1 amide bonds. The zero-order valence-corrected chi connectivity index (χ0v) is 11.0. The quantitative estimate of drug-likeness (QED) is 0.835. The van der Waals surface area contributed by atoms with Gasteiger partial charge < -0.3 is 4.90 Å². The average Bonchev–Trinajstić information content (AvgIpc) is 2.49. The normalized spacial score (nSPS) is 13.8. The lowest BCUT2D eigenvalue weighted by molar-refractivity contribution is 0.0980. The van der Waals surface area contributed by atoms with Crippen LogP contribution in [0.5, 0.6) is 0 Å². The minimum atomic E-state index is 0.0554. The summed E-state index contributed by atoms with van der Waals surface area (Å²) in [6, 6.07) is 17.5. The van der Waals surface area contributed by atoms with Gasteiger partial charge in [0.2, 0.25) is 0 Å². The highest BCUT2D eigenvalue weighted by Crippen LogP contribution is 2.24. The number of carbonyl (C=O) groups excluding carboxylic acids is 1. The van der Waals surface area contributed by atoms with Gasteiger partial charge in [0.15, 0.2) is 0 Å². The van der Waals surface area contributed by atoms with Crippen molar-refractivity contribution in [1.29, 1.82) is 5.26 Å². The van der Waals surface area contributed by atoms with Crippen molar-refractivity contribution in [2.24, 2.45) is 0 Å². The van der Waals surface area contributed by atoms with Gasteiger partial charge in [-0.2, -0.15) is 5.26 Å². The molecule has 0 saturated heterocycles. The number of nitriles is 1. The molecule has 2 aromatic carbocycles. The van der Waals surface area contributed by atoms with Crippen molar-refractivity contribution in [1.82, 2.24) is 0 Å². The number of rotatable bonds is 2. The molecule has 3 rings (SSSR count). The Morgan fingerprint density at radius 1 is 1.10 bits per heavy atom. The van der Waals surface area contributed by atoms with E-state index in [4.69, 9.17) is 5.26 Å². The molecule has 0 N–H and O–H groups in total. The molecule has 0 unspecified atom stereocenters. The number of hydrogen-bond donors (Lipinski definition) is 0. The van der Waals surface area contributed by atoms with Gasteiger partial charge in [-0.05, 0) is 35.7 Å². The Bertz CT molecular complexity index is 683. The molecule has 98 valence electrons. The zero-order valence-electron chi connectivity index (χ0n) is 11.0. The summed E-state index contributed by atoms with van der Waals surface area (Å²) in [6.07, 6.45) is 1.28. The Morgan fingerprint density at radius 3 is 2.60 bits per heavy atom. The molecule has 0 bridgehead atoms. The molecule has 2 aromatic rings. The molecule has 3 nitrogen and oxygen atoms in total. The third-order valence-electron chi connectivity index (χ3n) is 3.63. The fourth-order valence-electron chi connectivity index (χ4n) is 2.56. The van der Waals surface area contributed by atoms with Gasteiger partial charge >= 0.3 is 0 Å². The van der Waals surface area contributed by atoms with Crippen LogP contribution in [0.15, 0.2) is 48.5 Å². The second kappa shape index (κ2) is 5.18. The summed E-state index contributed by atoms with van der Waals surface area (Å²) in [4.78, 5) is 14.3. The molecule has 20 heavy (non-hydrogen) atoms. The molecule has 0 saturated carbocycles. The second-order valence-electron chi connectivity index (χ2n) is 4.87. The third kappa shape index (κ3) is 2.17. The van der Waals surface area contributed by atoms with E-state index in [1.54, 1.807) is 4.90 Å². The SMILES string of the molecule is N#CCc1ccc(N2CCc3ccccc3C2=O)cc1. The van der Waals surface area contributed by atoms with E-state index in [2.05, 4.69) is 6.07 Å². The zero-order chi connectivity index (χ0) is 13.9. The number of fused-ring (bicyclic) bond motifs is 1. The fraction of sp³-hybridized carbons (Fsp3) is 0.176. The molecule has 0 radical (unpaired) electrons. The minimum absolute atomic E-state index is 0.0554. The van der Waals surface area contributed by atoms with Crippen LogP contribution in [0.4, 0.5) is 5.69 Å². The van der Waals surface area contributed by atoms with E-state index < -0.39 is 0 Å². The Kier molecular flexibility index (Phi) is 3.22. The number of benzene rings is 2. The lowest BCUT2D eigenvalue weighted by Crippen LogP contribution is -2.37. The van der Waals surface area contributed by atoms with E-state index in [-0.39, 0.29) is 5.91 Å². The largest absolute Gasteiger partial charge is 0.308 e. The van der Waals surface area contributed by atoms with Crippen LogP contribution < -0.4 is 4.90 Å². The Hall–Kier alpha value is -2.60. The molecule has 3 heteroatoms. The number of anilines is 1. The van der Waals surface area contributed by atoms with Crippen LogP contribution in [-0.4, -0.2) is 12.5 Å². The molecular weight excluding hydrogens is 248 g/mol. The van der Waals surface area contributed by atoms with Crippen LogP contribution in [0.25, 0.3) is 0 Å². The molecule has 1 aliphatic heterocycles. The fourth-order valence-corrected chi connectivity index (χ4v) is 2.56. The van der Waals surface area contributed by atoms with Crippen LogP contribution in [0.3, 0.4) is 0 Å². The van der Waals surface area contributed by atoms with Gasteiger partial charge in [-0.25, -0.2) is 0 Å². The standard InChI is InChI=1S/C17H14N2O/c18-11-9-13-5-7-15(8-6-13)19-12-10-14-3-1-2-4-16(14)17(19)20/h1-8H,9-10,12H2. The molecule has 0 fully saturated rings. The first-order valence-electron chi connectivity index (χ1n) is 6.65. The van der Waals surface area contributed by atoms with E-state index in [9.17, 15) is 4.79 Å². The first kappa shape index (κ1) is 12.4. The summed E-state index contributed by atoms with van der Waals surface area (Å²) in [5.41, 5.74) is 3.78. The highest BCUT2D eigenvalue weighted by molar-refractivity contribution is 6.08. The van der Waals surface area contributed by atoms with Crippen LogP contribution >= 0.6 is 0 Å². The van der Waals surface area contributed by atoms with Gasteiger partial charge in [-0.15, -0.1) is 0 Å². The van der Waals surface area contributed by atoms with Crippen LogP contribution in [0.1, 0.15) is 21.5 Å². The topological polar surface area (TPSA) is 44.1 Å². The van der Waals surface area contributed by atoms with Crippen molar-refractivity contribution in [3.05, 3.63) is 65.2 Å². The second-order valence-corrected chi connectivity index (χ2v) is 4.87. The molecule has 0 atom stereocenters. The van der Waals surface area contributed by atoms with Crippen molar-refractivity contribution in [3.8, 4) is 6.07 Å². The summed E-state index contributed by atoms with van der Waals surface area (Å²) >= 11 is 0. The molecule has 0 aromatic heterocycles. The maximum Gasteiger partial charge on any atom is 0.258 e. The highest BCUT2D eigenvalue weighted by atomic mass is 16.2. The highest BCUT2D eigenvalue weighted by Gasteiger charge is 2.24. The van der Waals surface area contributed by atoms with E-state index >= 15 is 0 Å². The van der Waals surface area contributed by atoms with Gasteiger partial charge in [-0.1, -0.05) is 30.3 Å². The summed E-state index contributed by atoms with van der Waals surface area (Å²) in [7, 11) is 0. The predicted molar refractivity (Wildman–Crippen MR) is 77.6 cm³/mol. The van der Waals surface area contributed by atoms with Crippen molar-refractivity contribution in [3.63, 3.8) is 0 Å². The maximum atomic E-state index is 12.5. The predicted octanol–water partition coefficient (Wildman–Crippen LogP) is 2.96. The summed E-state index contributed by atoms with van der Waals surface area (Å²) in [5, 5.41) is 8.67. The molecule has 0 aliphatic carbocycles. The molecule has 0 spiro atoms. The number of nitrogens with zero attached hydrogens (tertiary/aromatic N) is 2. The minimum Gasteiger partial charge on any atom is -0.308 e. The lowest BCUT2D eigenvalue weighted by Gasteiger charge is -2.28. The smallest absolute Gasteiger partial charge is 0.258 e. The number of hydrogen-bond acceptors (Lipinski definition) is 2. The van der Waals surface area contributed by atoms with Crippen molar-refractivity contribution in [2.45, 2.75) is 12.8 Å². The van der Waals surface area contributed by atoms with Gasteiger partial charge in [0, 0.05) is 17.8 Å². The average molecular weight is 262 g/mol. The van der Waals surface area contributed by atoms with Crippen molar-refractivity contribution in [2.75, 3.05) is 11.4 Å². The lowest BCUT2D eigenvalue weighted by atomic mass is 9.98. The summed E-state index contributed by atoms with van der Waals surface area (Å²) < 4.78 is 0. The van der Waals surface area contributed by atoms with Crippen LogP contribution in [-0.2, 0) is 12.8 Å². The van der Waals surface area contributed by atoms with E-state index in [0.29, 0.717) is 13.0 Å². The van der Waals surface area contributed by atoms with Crippen molar-refractivity contribution >= 4 is 11.6 Å². The van der Waals surface area contributed by atoms with Gasteiger partial charge in [0.05, 0.1) is 12.5 Å². The van der Waals surface area contributed by atoms with Crippen LogP contribution in [0.2, 0.25) is 0 Å². The summed E-state index contributed by atoms with van der Waals surface area (Å²) in [6.45, 7) is 0.702. The Morgan fingerprint density at radius 2 is 1.85 bits per heavy atom. The molecular formula is C17H14N2O. The van der Waals surface area contributed by atoms with Crippen molar-refractivity contribution < 1.29 is 4.79 Å². The van der Waals surface area contributed by atoms with Gasteiger partial charge in [0.25, 0.3) is 5.91 Å².